The van der Waals surface area contributed by atoms with Crippen LogP contribution < -0.4 is 4.90 Å². The molecule has 0 fully saturated rings. The minimum atomic E-state index is 0.888. The summed E-state index contributed by atoms with van der Waals surface area (Å²) < 4.78 is 11.5. The van der Waals surface area contributed by atoms with Gasteiger partial charge in [-0.15, -0.1) is 11.3 Å². The van der Waals surface area contributed by atoms with Crippen LogP contribution in [0.4, 0.5) is 17.1 Å². The number of benzene rings is 11. The molecule has 0 aliphatic rings. The van der Waals surface area contributed by atoms with E-state index in [2.05, 4.69) is 258 Å². The molecular weight excluding hydrogens is 869 g/mol. The lowest BCUT2D eigenvalue weighted by atomic mass is 9.99. The number of rotatable bonds is 8. The first-order valence-electron chi connectivity index (χ1n) is 23.8. The summed E-state index contributed by atoms with van der Waals surface area (Å²) in [7, 11) is 0. The number of fused-ring (bicyclic) bond motifs is 9. The van der Waals surface area contributed by atoms with Crippen molar-refractivity contribution in [1.29, 1.82) is 0 Å². The van der Waals surface area contributed by atoms with E-state index in [1.165, 1.54) is 58.7 Å². The Morgan fingerprint density at radius 2 is 0.829 bits per heavy atom. The summed E-state index contributed by atoms with van der Waals surface area (Å²) in [6, 6.07) is 92.3. The first kappa shape index (κ1) is 40.1. The lowest BCUT2D eigenvalue weighted by Crippen LogP contribution is -2.09. The van der Waals surface area contributed by atoms with E-state index in [1.54, 1.807) is 0 Å². The lowest BCUT2D eigenvalue weighted by molar-refractivity contribution is 0.670. The molecule has 3 aromatic heterocycles. The molecule has 328 valence electrons. The fourth-order valence-electron chi connectivity index (χ4n) is 10.6. The second-order valence-corrected chi connectivity index (χ2v) is 19.2. The van der Waals surface area contributed by atoms with Crippen LogP contribution in [0.15, 0.2) is 259 Å². The summed E-state index contributed by atoms with van der Waals surface area (Å²) >= 11 is 1.86. The number of anilines is 3. The van der Waals surface area contributed by atoms with E-state index in [1.807, 2.05) is 17.4 Å². The lowest BCUT2D eigenvalue weighted by Gasteiger charge is -2.26. The number of thiophene rings is 1. The smallest absolute Gasteiger partial charge is 0.143 e. The molecule has 0 saturated carbocycles. The quantitative estimate of drug-likeness (QED) is 0.151. The first-order valence-corrected chi connectivity index (χ1v) is 24.6. The fourth-order valence-corrected chi connectivity index (χ4v) is 11.7. The summed E-state index contributed by atoms with van der Waals surface area (Å²) in [5.41, 5.74) is 17.9. The standard InChI is InChI=1S/C66H42N2OS/c1-3-12-46(13-4-1)54-18-11-19-58-59-40-47(29-38-63(59)69-66(54)58)43-22-31-51(32-23-43)67(52-33-24-44(25-34-52)48-30-39-65-60(41-48)57-17-8-10-21-64(57)70-65)53-35-26-45(27-36-53)49-28-37-56-55-16-7-9-20-61(55)68(62(56)42-49)50-14-5-2-6-15-50/h1-42H. The molecule has 0 spiro atoms. The average Bonchev–Trinajstić information content (AvgIpc) is 4.11. The number of furan rings is 1. The van der Waals surface area contributed by atoms with Gasteiger partial charge in [0.05, 0.1) is 11.0 Å². The Morgan fingerprint density at radius 1 is 0.314 bits per heavy atom. The van der Waals surface area contributed by atoms with Crippen LogP contribution in [0.3, 0.4) is 0 Å². The topological polar surface area (TPSA) is 21.3 Å². The van der Waals surface area contributed by atoms with Gasteiger partial charge in [0.1, 0.15) is 11.2 Å². The zero-order valence-electron chi connectivity index (χ0n) is 38.0. The van der Waals surface area contributed by atoms with Gasteiger partial charge >= 0.3 is 0 Å². The molecule has 0 unspecified atom stereocenters. The van der Waals surface area contributed by atoms with Gasteiger partial charge in [0.2, 0.25) is 0 Å². The Labute approximate surface area is 409 Å². The van der Waals surface area contributed by atoms with Crippen molar-refractivity contribution in [3.63, 3.8) is 0 Å². The van der Waals surface area contributed by atoms with E-state index in [0.29, 0.717) is 0 Å². The van der Waals surface area contributed by atoms with E-state index in [4.69, 9.17) is 4.42 Å². The summed E-state index contributed by atoms with van der Waals surface area (Å²) in [6.45, 7) is 0. The molecule has 0 amide bonds. The number of para-hydroxylation sites is 3. The van der Waals surface area contributed by atoms with Crippen molar-refractivity contribution in [2.75, 3.05) is 4.90 Å². The number of nitrogens with zero attached hydrogens (tertiary/aromatic N) is 2. The first-order chi connectivity index (χ1) is 34.7. The van der Waals surface area contributed by atoms with Crippen LogP contribution in [-0.4, -0.2) is 4.57 Å². The zero-order chi connectivity index (χ0) is 46.1. The normalized spacial score (nSPS) is 11.7. The van der Waals surface area contributed by atoms with Gasteiger partial charge in [-0.2, -0.15) is 0 Å². The average molecular weight is 911 g/mol. The van der Waals surface area contributed by atoms with Crippen LogP contribution in [0.1, 0.15) is 0 Å². The molecule has 11 aromatic carbocycles. The predicted octanol–water partition coefficient (Wildman–Crippen LogP) is 19.2. The van der Waals surface area contributed by atoms with E-state index < -0.39 is 0 Å². The molecule has 70 heavy (non-hydrogen) atoms. The molecule has 14 rings (SSSR count). The van der Waals surface area contributed by atoms with E-state index in [-0.39, 0.29) is 0 Å². The number of hydrogen-bond donors (Lipinski definition) is 0. The third-order valence-corrected chi connectivity index (χ3v) is 15.2. The SMILES string of the molecule is c1ccc(-c2cccc3c2oc2ccc(-c4ccc(N(c5ccc(-c6ccc7sc8ccccc8c7c6)cc5)c5ccc(-c6ccc7c8ccccc8n(-c8ccccc8)c7c6)cc5)cc4)cc23)cc1. The van der Waals surface area contributed by atoms with Crippen molar-refractivity contribution in [3.05, 3.63) is 255 Å². The summed E-state index contributed by atoms with van der Waals surface area (Å²) in [6.07, 6.45) is 0. The largest absolute Gasteiger partial charge is 0.455 e. The van der Waals surface area contributed by atoms with Gasteiger partial charge in [-0.05, 0) is 130 Å². The number of aromatic nitrogens is 1. The van der Waals surface area contributed by atoms with Crippen molar-refractivity contribution < 1.29 is 4.42 Å². The Hall–Kier alpha value is -8.96. The second-order valence-electron chi connectivity index (χ2n) is 18.1. The maximum Gasteiger partial charge on any atom is 0.143 e. The van der Waals surface area contributed by atoms with Gasteiger partial charge in [0.15, 0.2) is 0 Å². The molecular formula is C66H42N2OS. The summed E-state index contributed by atoms with van der Waals surface area (Å²) in [5.74, 6) is 0. The van der Waals surface area contributed by atoms with Gasteiger partial charge in [-0.25, -0.2) is 0 Å². The van der Waals surface area contributed by atoms with Crippen molar-refractivity contribution in [2.24, 2.45) is 0 Å². The number of hydrogen-bond acceptors (Lipinski definition) is 3. The highest BCUT2D eigenvalue weighted by molar-refractivity contribution is 7.25. The van der Waals surface area contributed by atoms with Gasteiger partial charge < -0.3 is 13.9 Å². The van der Waals surface area contributed by atoms with Crippen molar-refractivity contribution in [3.8, 4) is 50.2 Å². The van der Waals surface area contributed by atoms with E-state index >= 15 is 0 Å². The predicted molar refractivity (Wildman–Crippen MR) is 297 cm³/mol. The molecule has 0 aliphatic heterocycles. The second kappa shape index (κ2) is 16.4. The molecule has 0 saturated heterocycles. The van der Waals surface area contributed by atoms with Gasteiger partial charge in [0, 0.05) is 70.0 Å². The molecule has 0 aliphatic carbocycles. The van der Waals surface area contributed by atoms with Crippen LogP contribution in [0.5, 0.6) is 0 Å². The maximum atomic E-state index is 6.53. The van der Waals surface area contributed by atoms with Crippen LogP contribution in [-0.2, 0) is 0 Å². The molecule has 0 bridgehead atoms. The van der Waals surface area contributed by atoms with Gasteiger partial charge in [-0.1, -0.05) is 164 Å². The minimum absolute atomic E-state index is 0.888. The molecule has 3 nitrogen and oxygen atoms in total. The highest BCUT2D eigenvalue weighted by Crippen LogP contribution is 2.42. The highest BCUT2D eigenvalue weighted by atomic mass is 32.1. The summed E-state index contributed by atoms with van der Waals surface area (Å²) in [5, 5.41) is 7.36. The van der Waals surface area contributed by atoms with Crippen molar-refractivity contribution in [1.82, 2.24) is 4.57 Å². The Morgan fingerprint density at radius 3 is 1.53 bits per heavy atom. The Bertz CT molecular complexity index is 4260. The van der Waals surface area contributed by atoms with Crippen molar-refractivity contribution >= 4 is 92.3 Å². The van der Waals surface area contributed by atoms with Gasteiger partial charge in [0.25, 0.3) is 0 Å². The Balaban J connectivity index is 0.841. The molecule has 4 heteroatoms. The molecule has 3 heterocycles. The third-order valence-electron chi connectivity index (χ3n) is 14.0. The van der Waals surface area contributed by atoms with Crippen LogP contribution >= 0.6 is 11.3 Å². The molecule has 14 aromatic rings. The zero-order valence-corrected chi connectivity index (χ0v) is 38.8. The Kier molecular flexibility index (Phi) is 9.39. The minimum Gasteiger partial charge on any atom is -0.455 e. The van der Waals surface area contributed by atoms with E-state index in [0.717, 1.165) is 72.5 Å². The fraction of sp³-hybridized carbons (Fsp3) is 0. The monoisotopic (exact) mass is 910 g/mol. The van der Waals surface area contributed by atoms with E-state index in [9.17, 15) is 0 Å². The van der Waals surface area contributed by atoms with Gasteiger partial charge in [-0.3, -0.25) is 0 Å². The van der Waals surface area contributed by atoms with Crippen LogP contribution in [0.25, 0.3) is 114 Å². The third kappa shape index (κ3) is 6.72. The molecule has 0 radical (unpaired) electrons. The van der Waals surface area contributed by atoms with Crippen LogP contribution in [0.2, 0.25) is 0 Å². The van der Waals surface area contributed by atoms with Crippen molar-refractivity contribution in [2.45, 2.75) is 0 Å². The molecule has 0 atom stereocenters. The summed E-state index contributed by atoms with van der Waals surface area (Å²) in [4.78, 5) is 2.36. The molecule has 0 N–H and O–H groups in total. The maximum absolute atomic E-state index is 6.53. The van der Waals surface area contributed by atoms with Crippen LogP contribution in [0, 0.1) is 0 Å². The highest BCUT2D eigenvalue weighted by Gasteiger charge is 2.18.